The van der Waals surface area contributed by atoms with E-state index in [1.807, 2.05) is 0 Å². The van der Waals surface area contributed by atoms with Crippen molar-refractivity contribution in [2.75, 3.05) is 45.9 Å². The van der Waals surface area contributed by atoms with E-state index >= 15 is 0 Å². The second-order valence-electron chi connectivity index (χ2n) is 6.43. The van der Waals surface area contributed by atoms with Gasteiger partial charge in [-0.2, -0.15) is 0 Å². The van der Waals surface area contributed by atoms with Crippen molar-refractivity contribution in [3.8, 4) is 0 Å². The number of rotatable bonds is 5. The highest BCUT2D eigenvalue weighted by Gasteiger charge is 2.24. The van der Waals surface area contributed by atoms with Crippen LogP contribution in [0.25, 0.3) is 0 Å². The molecule has 2 aliphatic rings. The number of piperidine rings is 1. The zero-order valence-corrected chi connectivity index (χ0v) is 15.3. The second kappa shape index (κ2) is 11.5. The molecule has 0 aromatic carbocycles. The fraction of sp³-hybridized carbons (Fsp3) is 0.933. The molecular formula is C15H31Cl2N3O2. The lowest BCUT2D eigenvalue weighted by Crippen LogP contribution is -2.50. The van der Waals surface area contributed by atoms with E-state index < -0.39 is 0 Å². The van der Waals surface area contributed by atoms with E-state index in [9.17, 15) is 4.79 Å². The Bertz CT molecular complexity index is 313. The molecule has 2 rings (SSSR count). The summed E-state index contributed by atoms with van der Waals surface area (Å²) >= 11 is 0. The molecule has 7 heteroatoms. The smallest absolute Gasteiger partial charge is 0.224 e. The van der Waals surface area contributed by atoms with E-state index in [2.05, 4.69) is 29.4 Å². The van der Waals surface area contributed by atoms with Crippen LogP contribution in [0, 0.1) is 11.8 Å². The maximum absolute atomic E-state index is 12.1. The third-order valence-corrected chi connectivity index (χ3v) is 4.02. The van der Waals surface area contributed by atoms with Gasteiger partial charge in [0.1, 0.15) is 0 Å². The van der Waals surface area contributed by atoms with Gasteiger partial charge < -0.3 is 15.4 Å². The Labute approximate surface area is 146 Å². The van der Waals surface area contributed by atoms with E-state index in [4.69, 9.17) is 4.74 Å². The molecule has 0 radical (unpaired) electrons. The van der Waals surface area contributed by atoms with Crippen molar-refractivity contribution in [3.05, 3.63) is 0 Å². The topological polar surface area (TPSA) is 53.6 Å². The van der Waals surface area contributed by atoms with E-state index in [1.165, 1.54) is 0 Å². The Morgan fingerprint density at radius 2 is 2.18 bits per heavy atom. The first-order valence-corrected chi connectivity index (χ1v) is 7.97. The predicted octanol–water partition coefficient (Wildman–Crippen LogP) is 1.30. The molecule has 0 aromatic rings. The maximum Gasteiger partial charge on any atom is 0.224 e. The number of morpholine rings is 1. The van der Waals surface area contributed by atoms with E-state index in [-0.39, 0.29) is 42.7 Å². The lowest BCUT2D eigenvalue weighted by Gasteiger charge is -2.34. The van der Waals surface area contributed by atoms with Crippen molar-refractivity contribution in [1.82, 2.24) is 15.5 Å². The zero-order chi connectivity index (χ0) is 14.4. The minimum absolute atomic E-state index is 0. The van der Waals surface area contributed by atoms with Crippen LogP contribution in [-0.4, -0.2) is 62.8 Å². The maximum atomic E-state index is 12.1. The summed E-state index contributed by atoms with van der Waals surface area (Å²) in [6.45, 7) is 10.8. The van der Waals surface area contributed by atoms with Crippen molar-refractivity contribution in [2.24, 2.45) is 11.8 Å². The summed E-state index contributed by atoms with van der Waals surface area (Å²) in [5.41, 5.74) is 0. The number of carbonyl (C=O) groups is 1. The number of amides is 1. The van der Waals surface area contributed by atoms with Gasteiger partial charge in [-0.25, -0.2) is 0 Å². The molecule has 2 saturated heterocycles. The standard InChI is InChI=1S/C15H29N3O2.2ClH/c1-12(2)10-18-6-7-20-14(11-18)9-17-15(19)13-4-3-5-16-8-13;;/h12-14,16H,3-11H2,1-2H3,(H,17,19);2*1H. The number of hydrogen-bond acceptors (Lipinski definition) is 4. The molecule has 1 amide bonds. The number of nitrogens with zero attached hydrogens (tertiary/aromatic N) is 1. The summed E-state index contributed by atoms with van der Waals surface area (Å²) in [6.07, 6.45) is 2.24. The molecule has 0 aromatic heterocycles. The van der Waals surface area contributed by atoms with Crippen LogP contribution in [0.3, 0.4) is 0 Å². The minimum Gasteiger partial charge on any atom is -0.374 e. The third kappa shape index (κ3) is 7.47. The van der Waals surface area contributed by atoms with Gasteiger partial charge in [0.15, 0.2) is 0 Å². The molecule has 0 spiro atoms. The first-order chi connectivity index (χ1) is 9.65. The minimum atomic E-state index is 0. The quantitative estimate of drug-likeness (QED) is 0.780. The van der Waals surface area contributed by atoms with Crippen molar-refractivity contribution in [1.29, 1.82) is 0 Å². The van der Waals surface area contributed by atoms with Crippen LogP contribution < -0.4 is 10.6 Å². The predicted molar refractivity (Wildman–Crippen MR) is 94.1 cm³/mol. The molecule has 2 fully saturated rings. The van der Waals surface area contributed by atoms with Crippen molar-refractivity contribution in [3.63, 3.8) is 0 Å². The third-order valence-electron chi connectivity index (χ3n) is 4.02. The first-order valence-electron chi connectivity index (χ1n) is 7.97. The van der Waals surface area contributed by atoms with Gasteiger partial charge in [0.2, 0.25) is 5.91 Å². The summed E-state index contributed by atoms with van der Waals surface area (Å²) in [4.78, 5) is 14.5. The van der Waals surface area contributed by atoms with Crippen LogP contribution in [0.1, 0.15) is 26.7 Å². The number of carbonyl (C=O) groups excluding carboxylic acids is 1. The molecule has 0 bridgehead atoms. The normalized spacial score (nSPS) is 26.0. The molecule has 2 atom stereocenters. The van der Waals surface area contributed by atoms with Gasteiger partial charge >= 0.3 is 0 Å². The average molecular weight is 356 g/mol. The highest BCUT2D eigenvalue weighted by Crippen LogP contribution is 2.11. The molecule has 0 saturated carbocycles. The fourth-order valence-corrected chi connectivity index (χ4v) is 3.02. The molecule has 22 heavy (non-hydrogen) atoms. The molecule has 5 nitrogen and oxygen atoms in total. The monoisotopic (exact) mass is 355 g/mol. The second-order valence-corrected chi connectivity index (χ2v) is 6.43. The number of hydrogen-bond donors (Lipinski definition) is 2. The van der Waals surface area contributed by atoms with E-state index in [0.717, 1.165) is 52.2 Å². The Kier molecular flexibility index (Phi) is 11.4. The lowest BCUT2D eigenvalue weighted by molar-refractivity contribution is -0.126. The number of ether oxygens (including phenoxy) is 1. The first kappa shape index (κ1) is 21.9. The van der Waals surface area contributed by atoms with Gasteiger partial charge in [-0.15, -0.1) is 24.8 Å². The fourth-order valence-electron chi connectivity index (χ4n) is 3.02. The van der Waals surface area contributed by atoms with Gasteiger partial charge in [0.05, 0.1) is 18.6 Å². The molecule has 2 unspecified atom stereocenters. The summed E-state index contributed by atoms with van der Waals surface area (Å²) in [5.74, 6) is 0.998. The summed E-state index contributed by atoms with van der Waals surface area (Å²) in [5, 5.41) is 6.35. The van der Waals surface area contributed by atoms with Gasteiger partial charge in [-0.3, -0.25) is 9.69 Å². The largest absolute Gasteiger partial charge is 0.374 e. The van der Waals surface area contributed by atoms with E-state index in [1.54, 1.807) is 0 Å². The molecule has 132 valence electrons. The van der Waals surface area contributed by atoms with Crippen LogP contribution in [0.5, 0.6) is 0 Å². The van der Waals surface area contributed by atoms with Crippen molar-refractivity contribution >= 4 is 30.7 Å². The summed E-state index contributed by atoms with van der Waals surface area (Å²) in [6, 6.07) is 0. The van der Waals surface area contributed by atoms with Crippen molar-refractivity contribution < 1.29 is 9.53 Å². The zero-order valence-electron chi connectivity index (χ0n) is 13.7. The van der Waals surface area contributed by atoms with Crippen molar-refractivity contribution in [2.45, 2.75) is 32.8 Å². The SMILES string of the molecule is CC(C)CN1CCOC(CNC(=O)C2CCCNC2)C1.Cl.Cl. The van der Waals surface area contributed by atoms with Crippen LogP contribution >= 0.6 is 24.8 Å². The lowest BCUT2D eigenvalue weighted by atomic mass is 9.99. The van der Waals surface area contributed by atoms with Crippen LogP contribution in [0.15, 0.2) is 0 Å². The number of halogens is 2. The highest BCUT2D eigenvalue weighted by atomic mass is 35.5. The van der Waals surface area contributed by atoms with Gasteiger partial charge in [0, 0.05) is 32.7 Å². The highest BCUT2D eigenvalue weighted by molar-refractivity contribution is 5.85. The number of nitrogens with one attached hydrogen (secondary N) is 2. The van der Waals surface area contributed by atoms with Crippen LogP contribution in [-0.2, 0) is 9.53 Å². The molecule has 2 aliphatic heterocycles. The average Bonchev–Trinajstić information content (AvgIpc) is 2.45. The molecular weight excluding hydrogens is 325 g/mol. The molecule has 2 N–H and O–H groups in total. The Balaban J connectivity index is 0.00000220. The van der Waals surface area contributed by atoms with Crippen LogP contribution in [0.4, 0.5) is 0 Å². The Morgan fingerprint density at radius 3 is 2.82 bits per heavy atom. The van der Waals surface area contributed by atoms with Gasteiger partial charge in [-0.05, 0) is 25.3 Å². The van der Waals surface area contributed by atoms with Gasteiger partial charge in [-0.1, -0.05) is 13.8 Å². The van der Waals surface area contributed by atoms with Gasteiger partial charge in [0.25, 0.3) is 0 Å². The Morgan fingerprint density at radius 1 is 1.41 bits per heavy atom. The molecule has 0 aliphatic carbocycles. The summed E-state index contributed by atoms with van der Waals surface area (Å²) < 4.78 is 5.76. The van der Waals surface area contributed by atoms with E-state index in [0.29, 0.717) is 12.5 Å². The van der Waals surface area contributed by atoms with Crippen LogP contribution in [0.2, 0.25) is 0 Å². The molecule has 2 heterocycles. The Hall–Kier alpha value is -0.0700. The summed E-state index contributed by atoms with van der Waals surface area (Å²) in [7, 11) is 0.